The summed E-state index contributed by atoms with van der Waals surface area (Å²) in [5, 5.41) is 13.6. The van der Waals surface area contributed by atoms with Gasteiger partial charge < -0.3 is 15.5 Å². The van der Waals surface area contributed by atoms with E-state index < -0.39 is 17.5 Å². The van der Waals surface area contributed by atoms with Crippen LogP contribution in [0.15, 0.2) is 30.5 Å². The molecule has 2 N–H and O–H groups in total. The Morgan fingerprint density at radius 3 is 2.72 bits per heavy atom. The van der Waals surface area contributed by atoms with Gasteiger partial charge in [0.05, 0.1) is 17.4 Å². The maximum absolute atomic E-state index is 13.5. The minimum Gasteiger partial charge on any atom is -0.370 e. The Hall–Kier alpha value is -2.77. The van der Waals surface area contributed by atoms with Gasteiger partial charge in [0, 0.05) is 38.3 Å². The molecule has 1 aliphatic heterocycles. The van der Waals surface area contributed by atoms with E-state index in [2.05, 4.69) is 25.7 Å². The van der Waals surface area contributed by atoms with Crippen molar-refractivity contribution in [1.82, 2.24) is 15.5 Å². The third-order valence-electron chi connectivity index (χ3n) is 4.00. The normalized spacial score (nSPS) is 13.8. The van der Waals surface area contributed by atoms with Crippen LogP contribution < -0.4 is 15.5 Å². The summed E-state index contributed by atoms with van der Waals surface area (Å²) in [6, 6.07) is 4.78. The first kappa shape index (κ1) is 17.1. The van der Waals surface area contributed by atoms with E-state index in [1.54, 1.807) is 6.20 Å². The molecule has 3 rings (SSSR count). The van der Waals surface area contributed by atoms with Crippen LogP contribution in [0, 0.1) is 11.6 Å². The summed E-state index contributed by atoms with van der Waals surface area (Å²) in [5.74, 6) is -1.57. The van der Waals surface area contributed by atoms with Gasteiger partial charge in [-0.2, -0.15) is 5.10 Å². The van der Waals surface area contributed by atoms with Crippen molar-refractivity contribution in [3.8, 4) is 0 Å². The Kier molecular flexibility index (Phi) is 5.37. The molecule has 0 aliphatic carbocycles. The molecule has 1 aliphatic rings. The van der Waals surface area contributed by atoms with Gasteiger partial charge in [0.25, 0.3) is 5.91 Å². The van der Waals surface area contributed by atoms with Gasteiger partial charge in [-0.3, -0.25) is 4.79 Å². The molecule has 2 heterocycles. The number of nitrogens with one attached hydrogen (secondary N) is 2. The molecule has 132 valence electrons. The Balaban J connectivity index is 1.48. The summed E-state index contributed by atoms with van der Waals surface area (Å²) in [4.78, 5) is 14.1. The third-order valence-corrected chi connectivity index (χ3v) is 4.00. The van der Waals surface area contributed by atoms with E-state index in [4.69, 9.17) is 0 Å². The average molecular weight is 347 g/mol. The lowest BCUT2D eigenvalue weighted by molar-refractivity contribution is 0.0951. The van der Waals surface area contributed by atoms with Gasteiger partial charge in [-0.15, -0.1) is 5.10 Å². The smallest absolute Gasteiger partial charge is 0.254 e. The number of hydrogen-bond acceptors (Lipinski definition) is 5. The van der Waals surface area contributed by atoms with E-state index in [9.17, 15) is 13.6 Å². The summed E-state index contributed by atoms with van der Waals surface area (Å²) >= 11 is 0. The lowest BCUT2D eigenvalue weighted by Crippen LogP contribution is -2.29. The number of nitrogens with zero attached hydrogens (tertiary/aromatic N) is 3. The molecule has 1 amide bonds. The van der Waals surface area contributed by atoms with Crippen molar-refractivity contribution in [2.45, 2.75) is 12.8 Å². The largest absolute Gasteiger partial charge is 0.370 e. The zero-order valence-electron chi connectivity index (χ0n) is 13.6. The zero-order valence-corrected chi connectivity index (χ0v) is 13.6. The molecule has 0 saturated carbocycles. The Morgan fingerprint density at radius 2 is 1.96 bits per heavy atom. The molecule has 25 heavy (non-hydrogen) atoms. The fourth-order valence-corrected chi connectivity index (χ4v) is 2.73. The fraction of sp³-hybridized carbons (Fsp3) is 0.353. The number of anilines is 2. The van der Waals surface area contributed by atoms with E-state index in [1.165, 1.54) is 12.8 Å². The molecule has 0 radical (unpaired) electrons. The molecular formula is C17H19F2N5O. The first-order valence-electron chi connectivity index (χ1n) is 8.18. The summed E-state index contributed by atoms with van der Waals surface area (Å²) in [6.45, 7) is 2.72. The van der Waals surface area contributed by atoms with Crippen LogP contribution in [0.3, 0.4) is 0 Å². The number of carbonyl (C=O) groups excluding carboxylic acids is 1. The summed E-state index contributed by atoms with van der Waals surface area (Å²) in [7, 11) is 0. The molecule has 1 aromatic carbocycles. The maximum atomic E-state index is 13.5. The second-order valence-corrected chi connectivity index (χ2v) is 5.80. The highest BCUT2D eigenvalue weighted by atomic mass is 19.1. The fourth-order valence-electron chi connectivity index (χ4n) is 2.73. The molecule has 2 aromatic rings. The van der Waals surface area contributed by atoms with Gasteiger partial charge in [-0.25, -0.2) is 8.78 Å². The van der Waals surface area contributed by atoms with Crippen LogP contribution in [0.1, 0.15) is 23.2 Å². The highest BCUT2D eigenvalue weighted by Gasteiger charge is 2.14. The number of aromatic nitrogens is 2. The van der Waals surface area contributed by atoms with Gasteiger partial charge in [0.15, 0.2) is 5.82 Å². The minimum absolute atomic E-state index is 0.183. The van der Waals surface area contributed by atoms with Gasteiger partial charge in [0.1, 0.15) is 11.6 Å². The molecule has 0 bridgehead atoms. The minimum atomic E-state index is -0.880. The standard InChI is InChI=1S/C17H19F2N5O/c18-12-3-4-14(15(19)9-12)17(25)21-6-5-20-16-10-13(11-22-23-16)24-7-1-2-8-24/h3-4,9-11H,1-2,5-8H2,(H,20,23)(H,21,25). The van der Waals surface area contributed by atoms with Crippen LogP contribution >= 0.6 is 0 Å². The van der Waals surface area contributed by atoms with Crippen molar-refractivity contribution in [2.75, 3.05) is 36.4 Å². The highest BCUT2D eigenvalue weighted by Crippen LogP contribution is 2.20. The number of amides is 1. The van der Waals surface area contributed by atoms with E-state index in [-0.39, 0.29) is 12.1 Å². The van der Waals surface area contributed by atoms with Crippen molar-refractivity contribution in [2.24, 2.45) is 0 Å². The van der Waals surface area contributed by atoms with Crippen molar-refractivity contribution in [3.63, 3.8) is 0 Å². The van der Waals surface area contributed by atoms with Crippen LogP contribution in [0.25, 0.3) is 0 Å². The molecule has 1 fully saturated rings. The van der Waals surface area contributed by atoms with E-state index in [0.29, 0.717) is 18.4 Å². The lowest BCUT2D eigenvalue weighted by atomic mass is 10.2. The molecule has 1 aromatic heterocycles. The molecule has 6 nitrogen and oxygen atoms in total. The number of halogens is 2. The topological polar surface area (TPSA) is 70.2 Å². The summed E-state index contributed by atoms with van der Waals surface area (Å²) < 4.78 is 26.4. The van der Waals surface area contributed by atoms with Crippen LogP contribution in [0.2, 0.25) is 0 Å². The third kappa shape index (κ3) is 4.40. The quantitative estimate of drug-likeness (QED) is 0.784. The number of hydrogen-bond donors (Lipinski definition) is 2. The van der Waals surface area contributed by atoms with Crippen LogP contribution in [0.4, 0.5) is 20.3 Å². The molecule has 0 spiro atoms. The van der Waals surface area contributed by atoms with Crippen LogP contribution in [0.5, 0.6) is 0 Å². The highest BCUT2D eigenvalue weighted by molar-refractivity contribution is 5.94. The van der Waals surface area contributed by atoms with Gasteiger partial charge in [0.2, 0.25) is 0 Å². The van der Waals surface area contributed by atoms with Gasteiger partial charge >= 0.3 is 0 Å². The summed E-state index contributed by atoms with van der Waals surface area (Å²) in [5.41, 5.74) is 0.838. The summed E-state index contributed by atoms with van der Waals surface area (Å²) in [6.07, 6.45) is 4.09. The van der Waals surface area contributed by atoms with Gasteiger partial charge in [-0.1, -0.05) is 0 Å². The maximum Gasteiger partial charge on any atom is 0.254 e. The van der Waals surface area contributed by atoms with Crippen molar-refractivity contribution in [3.05, 3.63) is 47.7 Å². The SMILES string of the molecule is O=C(NCCNc1cc(N2CCCC2)cnn1)c1ccc(F)cc1F. The van der Waals surface area contributed by atoms with E-state index in [1.807, 2.05) is 6.07 Å². The van der Waals surface area contributed by atoms with Gasteiger partial charge in [-0.05, 0) is 25.0 Å². The van der Waals surface area contributed by atoms with E-state index >= 15 is 0 Å². The molecule has 1 saturated heterocycles. The number of carbonyl (C=O) groups is 1. The first-order valence-corrected chi connectivity index (χ1v) is 8.18. The average Bonchev–Trinajstić information content (AvgIpc) is 3.13. The molecule has 8 heteroatoms. The lowest BCUT2D eigenvalue weighted by Gasteiger charge is -2.17. The van der Waals surface area contributed by atoms with Crippen molar-refractivity contribution >= 4 is 17.4 Å². The zero-order chi connectivity index (χ0) is 17.6. The Labute approximate surface area is 144 Å². The molecular weight excluding hydrogens is 328 g/mol. The molecule has 0 unspecified atom stereocenters. The van der Waals surface area contributed by atoms with Crippen molar-refractivity contribution in [1.29, 1.82) is 0 Å². The van der Waals surface area contributed by atoms with Crippen LogP contribution in [-0.4, -0.2) is 42.3 Å². The Morgan fingerprint density at radius 1 is 1.16 bits per heavy atom. The number of benzene rings is 1. The molecule has 0 atom stereocenters. The second-order valence-electron chi connectivity index (χ2n) is 5.80. The van der Waals surface area contributed by atoms with E-state index in [0.717, 1.165) is 30.9 Å². The monoisotopic (exact) mass is 347 g/mol. The Bertz CT molecular complexity index is 750. The first-order chi connectivity index (χ1) is 12.1. The predicted octanol–water partition coefficient (Wildman–Crippen LogP) is 2.20. The van der Waals surface area contributed by atoms with Crippen molar-refractivity contribution < 1.29 is 13.6 Å². The van der Waals surface area contributed by atoms with Crippen LogP contribution in [-0.2, 0) is 0 Å². The number of rotatable bonds is 6. The second kappa shape index (κ2) is 7.87. The predicted molar refractivity (Wildman–Crippen MR) is 90.7 cm³/mol.